The number of benzene rings is 1. The molecule has 0 unspecified atom stereocenters. The van der Waals surface area contributed by atoms with Gasteiger partial charge in [-0.2, -0.15) is 5.26 Å². The van der Waals surface area contributed by atoms with E-state index in [9.17, 15) is 4.79 Å². The van der Waals surface area contributed by atoms with Crippen LogP contribution >= 0.6 is 15.9 Å². The molecule has 18 heavy (non-hydrogen) atoms. The number of halogens is 1. The van der Waals surface area contributed by atoms with Crippen LogP contribution in [-0.4, -0.2) is 37.6 Å². The molecule has 0 saturated heterocycles. The number of nitriles is 1. The van der Waals surface area contributed by atoms with Crippen LogP contribution in [0.1, 0.15) is 16.8 Å². The van der Waals surface area contributed by atoms with Crippen molar-refractivity contribution in [2.45, 2.75) is 6.42 Å². The minimum atomic E-state index is -0.0743. The monoisotopic (exact) mass is 310 g/mol. The molecule has 1 aromatic rings. The maximum atomic E-state index is 12.2. The Hall–Kier alpha value is -1.38. The quantitative estimate of drug-likeness (QED) is 0.811. The molecule has 0 aliphatic heterocycles. The SMILES string of the molecule is COCCN(CCC#N)C(=O)c1ccc(Br)cc1. The molecule has 0 aromatic heterocycles. The Balaban J connectivity index is 2.74. The normalized spacial score (nSPS) is 9.83. The maximum absolute atomic E-state index is 12.2. The molecule has 0 bridgehead atoms. The summed E-state index contributed by atoms with van der Waals surface area (Å²) in [6.07, 6.45) is 0.325. The van der Waals surface area contributed by atoms with Gasteiger partial charge in [0.25, 0.3) is 5.91 Å². The van der Waals surface area contributed by atoms with Crippen molar-refractivity contribution in [3.63, 3.8) is 0 Å². The van der Waals surface area contributed by atoms with Crippen LogP contribution in [-0.2, 0) is 4.74 Å². The fourth-order valence-electron chi connectivity index (χ4n) is 1.48. The highest BCUT2D eigenvalue weighted by Gasteiger charge is 2.14. The van der Waals surface area contributed by atoms with Crippen molar-refractivity contribution in [3.05, 3.63) is 34.3 Å². The largest absolute Gasteiger partial charge is 0.383 e. The smallest absolute Gasteiger partial charge is 0.253 e. The molecule has 0 fully saturated rings. The minimum absolute atomic E-state index is 0.0743. The molecule has 0 aliphatic rings. The second-order valence-corrected chi connectivity index (χ2v) is 4.62. The number of ether oxygens (including phenoxy) is 1. The lowest BCUT2D eigenvalue weighted by Crippen LogP contribution is -2.34. The van der Waals surface area contributed by atoms with Crippen molar-refractivity contribution in [3.8, 4) is 6.07 Å². The van der Waals surface area contributed by atoms with E-state index in [1.807, 2.05) is 18.2 Å². The van der Waals surface area contributed by atoms with Crippen LogP contribution < -0.4 is 0 Å². The number of rotatable bonds is 6. The van der Waals surface area contributed by atoms with Crippen LogP contribution in [0.5, 0.6) is 0 Å². The first-order valence-electron chi connectivity index (χ1n) is 5.59. The van der Waals surface area contributed by atoms with Gasteiger partial charge in [0.15, 0.2) is 0 Å². The Morgan fingerprint density at radius 1 is 1.39 bits per heavy atom. The second kappa shape index (κ2) is 7.85. The van der Waals surface area contributed by atoms with E-state index in [2.05, 4.69) is 15.9 Å². The van der Waals surface area contributed by atoms with Crippen molar-refractivity contribution >= 4 is 21.8 Å². The van der Waals surface area contributed by atoms with Crippen molar-refractivity contribution in [2.24, 2.45) is 0 Å². The first kappa shape index (κ1) is 14.7. The lowest BCUT2D eigenvalue weighted by atomic mass is 10.2. The summed E-state index contributed by atoms with van der Waals surface area (Å²) in [6, 6.07) is 9.22. The highest BCUT2D eigenvalue weighted by Crippen LogP contribution is 2.12. The molecular weight excluding hydrogens is 296 g/mol. The van der Waals surface area contributed by atoms with Crippen LogP contribution in [0.15, 0.2) is 28.7 Å². The second-order valence-electron chi connectivity index (χ2n) is 3.70. The average molecular weight is 311 g/mol. The third-order valence-electron chi connectivity index (χ3n) is 2.44. The van der Waals surface area contributed by atoms with Crippen molar-refractivity contribution in [1.82, 2.24) is 4.90 Å². The van der Waals surface area contributed by atoms with Crippen LogP contribution in [0.4, 0.5) is 0 Å². The molecule has 1 aromatic carbocycles. The number of methoxy groups -OCH3 is 1. The molecule has 1 rings (SSSR count). The third-order valence-corrected chi connectivity index (χ3v) is 2.97. The van der Waals surface area contributed by atoms with E-state index in [4.69, 9.17) is 10.00 Å². The summed E-state index contributed by atoms with van der Waals surface area (Å²) < 4.78 is 5.90. The molecule has 0 heterocycles. The summed E-state index contributed by atoms with van der Waals surface area (Å²) in [7, 11) is 1.59. The van der Waals surface area contributed by atoms with Crippen LogP contribution in [0.25, 0.3) is 0 Å². The predicted octanol–water partition coefficient (Wildman–Crippen LogP) is 2.45. The zero-order valence-electron chi connectivity index (χ0n) is 10.2. The molecule has 1 amide bonds. The van der Waals surface area contributed by atoms with E-state index in [-0.39, 0.29) is 5.91 Å². The standard InChI is InChI=1S/C13H15BrN2O2/c1-18-10-9-16(8-2-7-15)13(17)11-3-5-12(14)6-4-11/h3-6H,2,8-10H2,1H3. The predicted molar refractivity (Wildman–Crippen MR) is 72.2 cm³/mol. The van der Waals surface area contributed by atoms with Gasteiger partial charge in [-0.3, -0.25) is 4.79 Å². The number of hydrogen-bond acceptors (Lipinski definition) is 3. The van der Waals surface area contributed by atoms with Gasteiger partial charge in [-0.25, -0.2) is 0 Å². The van der Waals surface area contributed by atoms with Crippen LogP contribution in [0.2, 0.25) is 0 Å². The van der Waals surface area contributed by atoms with Crippen LogP contribution in [0.3, 0.4) is 0 Å². The summed E-state index contributed by atoms with van der Waals surface area (Å²) in [5.41, 5.74) is 0.618. The zero-order valence-corrected chi connectivity index (χ0v) is 11.8. The van der Waals surface area contributed by atoms with Gasteiger partial charge in [0.05, 0.1) is 19.1 Å². The number of hydrogen-bond donors (Lipinski definition) is 0. The van der Waals surface area contributed by atoms with Gasteiger partial charge in [-0.1, -0.05) is 15.9 Å². The Morgan fingerprint density at radius 3 is 2.61 bits per heavy atom. The molecule has 0 N–H and O–H groups in total. The number of amides is 1. The number of carbonyl (C=O) groups is 1. The Bertz CT molecular complexity index is 426. The van der Waals surface area contributed by atoms with E-state index in [0.29, 0.717) is 31.7 Å². The average Bonchev–Trinajstić information content (AvgIpc) is 2.39. The van der Waals surface area contributed by atoms with Gasteiger partial charge in [0.1, 0.15) is 0 Å². The van der Waals surface area contributed by atoms with Gasteiger partial charge < -0.3 is 9.64 Å². The third kappa shape index (κ3) is 4.47. The summed E-state index contributed by atoms with van der Waals surface area (Å²) >= 11 is 3.33. The number of nitrogens with zero attached hydrogens (tertiary/aromatic N) is 2. The van der Waals surface area contributed by atoms with E-state index >= 15 is 0 Å². The summed E-state index contributed by atoms with van der Waals surface area (Å²) in [5, 5.41) is 8.60. The fraction of sp³-hybridized carbons (Fsp3) is 0.385. The first-order valence-corrected chi connectivity index (χ1v) is 6.39. The Morgan fingerprint density at radius 2 is 2.06 bits per heavy atom. The zero-order chi connectivity index (χ0) is 13.4. The van der Waals surface area contributed by atoms with Gasteiger partial charge in [-0.15, -0.1) is 0 Å². The van der Waals surface area contributed by atoms with Crippen molar-refractivity contribution < 1.29 is 9.53 Å². The van der Waals surface area contributed by atoms with Gasteiger partial charge in [-0.05, 0) is 24.3 Å². The van der Waals surface area contributed by atoms with Gasteiger partial charge >= 0.3 is 0 Å². The lowest BCUT2D eigenvalue weighted by molar-refractivity contribution is 0.0700. The summed E-state index contributed by atoms with van der Waals surface area (Å²) in [6.45, 7) is 1.38. The van der Waals surface area contributed by atoms with Crippen molar-refractivity contribution in [2.75, 3.05) is 26.8 Å². The van der Waals surface area contributed by atoms with Gasteiger partial charge in [0, 0.05) is 30.2 Å². The molecule has 96 valence electrons. The molecule has 0 atom stereocenters. The summed E-state index contributed by atoms with van der Waals surface area (Å²) in [5.74, 6) is -0.0743. The lowest BCUT2D eigenvalue weighted by Gasteiger charge is -2.21. The maximum Gasteiger partial charge on any atom is 0.253 e. The van der Waals surface area contributed by atoms with E-state index in [1.165, 1.54) is 0 Å². The van der Waals surface area contributed by atoms with E-state index in [1.54, 1.807) is 24.1 Å². The van der Waals surface area contributed by atoms with E-state index in [0.717, 1.165) is 4.47 Å². The van der Waals surface area contributed by atoms with Crippen molar-refractivity contribution in [1.29, 1.82) is 5.26 Å². The highest BCUT2D eigenvalue weighted by atomic mass is 79.9. The van der Waals surface area contributed by atoms with Crippen LogP contribution in [0, 0.1) is 11.3 Å². The first-order chi connectivity index (χ1) is 8.69. The molecule has 5 heteroatoms. The molecule has 0 spiro atoms. The summed E-state index contributed by atoms with van der Waals surface area (Å²) in [4.78, 5) is 13.8. The van der Waals surface area contributed by atoms with Gasteiger partial charge in [0.2, 0.25) is 0 Å². The van der Waals surface area contributed by atoms with E-state index < -0.39 is 0 Å². The molecule has 4 nitrogen and oxygen atoms in total. The minimum Gasteiger partial charge on any atom is -0.383 e. The topological polar surface area (TPSA) is 53.3 Å². The fourth-order valence-corrected chi connectivity index (χ4v) is 1.74. The molecule has 0 saturated carbocycles. The Labute approximate surface area is 115 Å². The molecule has 0 radical (unpaired) electrons. The Kier molecular flexibility index (Phi) is 6.40. The highest BCUT2D eigenvalue weighted by molar-refractivity contribution is 9.10. The number of carbonyl (C=O) groups excluding carboxylic acids is 1. The molecular formula is C13H15BrN2O2. The molecule has 0 aliphatic carbocycles.